The normalized spacial score (nSPS) is 14.8. The Morgan fingerprint density at radius 3 is 2.52 bits per heavy atom. The van der Waals surface area contributed by atoms with E-state index < -0.39 is 0 Å². The predicted molar refractivity (Wildman–Crippen MR) is 127 cm³/mol. The Morgan fingerprint density at radius 2 is 1.79 bits per heavy atom. The van der Waals surface area contributed by atoms with Crippen molar-refractivity contribution in [2.75, 3.05) is 7.11 Å². The summed E-state index contributed by atoms with van der Waals surface area (Å²) in [6.45, 7) is 0.369. The number of nitrogens with zero attached hydrogens (tertiary/aromatic N) is 1. The lowest BCUT2D eigenvalue weighted by molar-refractivity contribution is -0.123. The molecule has 1 heterocycles. The van der Waals surface area contributed by atoms with E-state index in [2.05, 4.69) is 0 Å². The number of benzene rings is 3. The van der Waals surface area contributed by atoms with Gasteiger partial charge in [0.05, 0.1) is 18.6 Å². The van der Waals surface area contributed by atoms with Crippen LogP contribution in [0.3, 0.4) is 0 Å². The molecular weight excluding hydrogens is 465 g/mol. The highest BCUT2D eigenvalue weighted by Crippen LogP contribution is 2.35. The van der Waals surface area contributed by atoms with Crippen LogP contribution in [-0.2, 0) is 17.9 Å². The van der Waals surface area contributed by atoms with Gasteiger partial charge in [0.2, 0.25) is 0 Å². The smallest absolute Gasteiger partial charge is 0.293 e. The van der Waals surface area contributed by atoms with Crippen molar-refractivity contribution in [1.29, 1.82) is 0 Å². The van der Waals surface area contributed by atoms with E-state index in [4.69, 9.17) is 21.1 Å². The van der Waals surface area contributed by atoms with Crippen LogP contribution in [0.1, 0.15) is 16.7 Å². The number of carbonyl (C=O) groups excluding carboxylic acids is 2. The second-order valence-corrected chi connectivity index (χ2v) is 8.65. The molecule has 0 bridgehead atoms. The number of imide groups is 1. The first-order chi connectivity index (χ1) is 15.9. The summed E-state index contributed by atoms with van der Waals surface area (Å²) in [6, 6.07) is 18.3. The van der Waals surface area contributed by atoms with Gasteiger partial charge in [-0.15, -0.1) is 0 Å². The van der Waals surface area contributed by atoms with Gasteiger partial charge < -0.3 is 9.47 Å². The van der Waals surface area contributed by atoms with Crippen molar-refractivity contribution < 1.29 is 23.5 Å². The monoisotopic (exact) mass is 483 g/mol. The Balaban J connectivity index is 1.51. The molecule has 5 nitrogen and oxygen atoms in total. The van der Waals surface area contributed by atoms with Gasteiger partial charge >= 0.3 is 0 Å². The average Bonchev–Trinajstić information content (AvgIpc) is 3.06. The summed E-state index contributed by atoms with van der Waals surface area (Å²) < 4.78 is 24.3. The number of thioether (sulfide) groups is 1. The van der Waals surface area contributed by atoms with Crippen LogP contribution in [0.4, 0.5) is 9.18 Å². The molecule has 3 aromatic rings. The summed E-state index contributed by atoms with van der Waals surface area (Å²) >= 11 is 6.89. The highest BCUT2D eigenvalue weighted by Gasteiger charge is 2.35. The van der Waals surface area contributed by atoms with Gasteiger partial charge in [-0.1, -0.05) is 41.9 Å². The molecule has 1 aliphatic rings. The van der Waals surface area contributed by atoms with Crippen LogP contribution in [-0.4, -0.2) is 23.2 Å². The van der Waals surface area contributed by atoms with E-state index in [0.29, 0.717) is 27.0 Å². The maximum atomic E-state index is 13.1. The molecule has 3 aromatic carbocycles. The van der Waals surface area contributed by atoms with Crippen molar-refractivity contribution in [2.45, 2.75) is 13.2 Å². The first-order valence-electron chi connectivity index (χ1n) is 9.98. The molecule has 0 saturated carbocycles. The number of carbonyl (C=O) groups is 2. The maximum Gasteiger partial charge on any atom is 0.293 e. The molecule has 4 rings (SSSR count). The topological polar surface area (TPSA) is 55.8 Å². The molecular formula is C25H19ClFNO4S. The molecule has 33 heavy (non-hydrogen) atoms. The van der Waals surface area contributed by atoms with E-state index in [1.165, 1.54) is 24.1 Å². The largest absolute Gasteiger partial charge is 0.493 e. The van der Waals surface area contributed by atoms with Gasteiger partial charge in [0, 0.05) is 5.02 Å². The van der Waals surface area contributed by atoms with Crippen molar-refractivity contribution >= 4 is 40.6 Å². The van der Waals surface area contributed by atoms with E-state index in [-0.39, 0.29) is 30.1 Å². The van der Waals surface area contributed by atoms with Crippen molar-refractivity contribution in [2.24, 2.45) is 0 Å². The Labute approximate surface area is 199 Å². The van der Waals surface area contributed by atoms with Crippen molar-refractivity contribution in [3.8, 4) is 11.5 Å². The van der Waals surface area contributed by atoms with Gasteiger partial charge in [-0.05, 0) is 70.9 Å². The molecule has 1 fully saturated rings. The molecule has 1 saturated heterocycles. The number of amides is 2. The van der Waals surface area contributed by atoms with Gasteiger partial charge in [-0.2, -0.15) is 0 Å². The molecule has 0 aliphatic carbocycles. The lowest BCUT2D eigenvalue weighted by Gasteiger charge is -2.13. The molecule has 8 heteroatoms. The number of ether oxygens (including phenoxy) is 2. The zero-order valence-electron chi connectivity index (χ0n) is 17.6. The van der Waals surface area contributed by atoms with Crippen LogP contribution in [0.5, 0.6) is 11.5 Å². The van der Waals surface area contributed by atoms with Gasteiger partial charge in [-0.3, -0.25) is 14.5 Å². The average molecular weight is 484 g/mol. The fourth-order valence-corrected chi connectivity index (χ4v) is 4.29. The fraction of sp³-hybridized carbons (Fsp3) is 0.120. The van der Waals surface area contributed by atoms with E-state index in [9.17, 15) is 14.0 Å². The van der Waals surface area contributed by atoms with Crippen LogP contribution in [0, 0.1) is 5.82 Å². The Hall–Kier alpha value is -3.29. The zero-order valence-corrected chi connectivity index (χ0v) is 19.2. The fourth-order valence-electron chi connectivity index (χ4n) is 3.24. The zero-order chi connectivity index (χ0) is 23.4. The summed E-state index contributed by atoms with van der Waals surface area (Å²) in [6.07, 6.45) is 1.65. The van der Waals surface area contributed by atoms with Crippen LogP contribution >= 0.6 is 23.4 Å². The molecule has 0 unspecified atom stereocenters. The van der Waals surface area contributed by atoms with Gasteiger partial charge in [0.25, 0.3) is 11.1 Å². The predicted octanol–water partition coefficient (Wildman–Crippen LogP) is 6.30. The molecule has 0 radical (unpaired) electrons. The van der Waals surface area contributed by atoms with Crippen LogP contribution in [0.2, 0.25) is 5.02 Å². The number of hydrogen-bond acceptors (Lipinski definition) is 5. The third-order valence-electron chi connectivity index (χ3n) is 4.90. The Kier molecular flexibility index (Phi) is 7.01. The molecule has 0 atom stereocenters. The number of rotatable bonds is 7. The molecule has 2 amide bonds. The minimum atomic E-state index is -0.366. The van der Waals surface area contributed by atoms with Gasteiger partial charge in [0.15, 0.2) is 11.5 Å². The lowest BCUT2D eigenvalue weighted by Crippen LogP contribution is -2.27. The second kappa shape index (κ2) is 10.1. The highest BCUT2D eigenvalue weighted by atomic mass is 35.5. The summed E-state index contributed by atoms with van der Waals surface area (Å²) in [5.74, 6) is 0.300. The third-order valence-corrected chi connectivity index (χ3v) is 6.04. The van der Waals surface area contributed by atoms with Crippen LogP contribution in [0.15, 0.2) is 71.6 Å². The maximum absolute atomic E-state index is 13.1. The SMILES string of the molecule is COc1ccc(/C=C2\SC(=O)N(Cc3cccc(Cl)c3)C2=O)cc1OCc1ccc(F)cc1. The Bertz CT molecular complexity index is 1230. The van der Waals surface area contributed by atoms with Gasteiger partial charge in [-0.25, -0.2) is 4.39 Å². The summed E-state index contributed by atoms with van der Waals surface area (Å²) in [4.78, 5) is 26.8. The quantitative estimate of drug-likeness (QED) is 0.369. The van der Waals surface area contributed by atoms with Crippen molar-refractivity contribution in [3.05, 3.63) is 99.2 Å². The van der Waals surface area contributed by atoms with E-state index in [1.54, 1.807) is 54.6 Å². The minimum absolute atomic E-state index is 0.150. The van der Waals surface area contributed by atoms with Crippen molar-refractivity contribution in [3.63, 3.8) is 0 Å². The van der Waals surface area contributed by atoms with E-state index in [1.807, 2.05) is 6.07 Å². The summed E-state index contributed by atoms with van der Waals surface area (Å²) in [5.41, 5.74) is 2.25. The molecule has 168 valence electrons. The highest BCUT2D eigenvalue weighted by molar-refractivity contribution is 8.18. The first-order valence-corrected chi connectivity index (χ1v) is 11.2. The van der Waals surface area contributed by atoms with Crippen molar-refractivity contribution in [1.82, 2.24) is 4.90 Å². The third kappa shape index (κ3) is 5.56. The minimum Gasteiger partial charge on any atom is -0.493 e. The van der Waals surface area contributed by atoms with E-state index >= 15 is 0 Å². The standard InChI is InChI=1S/C25H19ClFNO4S/c1-31-21-10-7-17(12-22(21)32-15-16-5-8-20(27)9-6-16)13-23-24(29)28(25(30)33-23)14-18-3-2-4-19(26)11-18/h2-13H,14-15H2,1H3/b23-13-. The lowest BCUT2D eigenvalue weighted by atomic mass is 10.1. The first kappa shape index (κ1) is 22.9. The molecule has 0 N–H and O–H groups in total. The van der Waals surface area contributed by atoms with Crippen LogP contribution in [0.25, 0.3) is 6.08 Å². The molecule has 0 spiro atoms. The van der Waals surface area contributed by atoms with E-state index in [0.717, 1.165) is 22.9 Å². The summed E-state index contributed by atoms with van der Waals surface area (Å²) in [5, 5.41) is 0.203. The molecule has 1 aliphatic heterocycles. The van der Waals surface area contributed by atoms with Crippen LogP contribution < -0.4 is 9.47 Å². The number of methoxy groups -OCH3 is 1. The molecule has 0 aromatic heterocycles. The number of hydrogen-bond donors (Lipinski definition) is 0. The second-order valence-electron chi connectivity index (χ2n) is 7.22. The number of halogens is 2. The Morgan fingerprint density at radius 1 is 1.00 bits per heavy atom. The van der Waals surface area contributed by atoms with Gasteiger partial charge in [0.1, 0.15) is 12.4 Å². The summed E-state index contributed by atoms with van der Waals surface area (Å²) in [7, 11) is 1.53.